The van der Waals surface area contributed by atoms with Gasteiger partial charge < -0.3 is 0 Å². The topological polar surface area (TPSA) is 3.24 Å². The molecule has 0 bridgehead atoms. The third-order valence-electron chi connectivity index (χ3n) is 2.46. The van der Waals surface area contributed by atoms with Crippen LogP contribution >= 0.6 is 11.6 Å². The molecule has 0 aromatic heterocycles. The number of piperidine rings is 1. The van der Waals surface area contributed by atoms with Gasteiger partial charge in [-0.15, -0.1) is 6.58 Å². The maximum Gasteiger partial charge on any atom is 0.0337 e. The first-order chi connectivity index (χ1) is 8.13. The molecule has 17 heavy (non-hydrogen) atoms. The number of hydrogen-bond donors (Lipinski definition) is 0. The lowest BCUT2D eigenvalue weighted by molar-refractivity contribution is 0.248. The summed E-state index contributed by atoms with van der Waals surface area (Å²) in [6, 6.07) is 0. The van der Waals surface area contributed by atoms with Crippen molar-refractivity contribution in [3.05, 3.63) is 48.6 Å². The maximum atomic E-state index is 5.73. The van der Waals surface area contributed by atoms with Crippen LogP contribution in [0.4, 0.5) is 0 Å². The van der Waals surface area contributed by atoms with Gasteiger partial charge in [0.25, 0.3) is 0 Å². The van der Waals surface area contributed by atoms with Gasteiger partial charge in [-0.2, -0.15) is 0 Å². The van der Waals surface area contributed by atoms with E-state index in [0.717, 1.165) is 12.1 Å². The van der Waals surface area contributed by atoms with E-state index in [2.05, 4.69) is 24.6 Å². The molecule has 0 atom stereocenters. The molecule has 1 aliphatic rings. The highest BCUT2D eigenvalue weighted by Crippen LogP contribution is 2.13. The van der Waals surface area contributed by atoms with Crippen molar-refractivity contribution >= 4 is 11.6 Å². The molecule has 2 heteroatoms. The molecule has 0 amide bonds. The summed E-state index contributed by atoms with van der Waals surface area (Å²) in [5.74, 6) is 0. The molecule has 1 heterocycles. The number of nitrogens with zero attached hydrogens (tertiary/aromatic N) is 1. The average Bonchev–Trinajstić information content (AvgIpc) is 2.30. The molecule has 0 radical (unpaired) electrons. The molecule has 0 saturated carbocycles. The van der Waals surface area contributed by atoms with Crippen LogP contribution in [0.5, 0.6) is 0 Å². The Labute approximate surface area is 111 Å². The van der Waals surface area contributed by atoms with E-state index in [1.807, 2.05) is 19.1 Å². The fourth-order valence-corrected chi connectivity index (χ4v) is 1.89. The Balaban J connectivity index is 0.000000770. The van der Waals surface area contributed by atoms with Gasteiger partial charge >= 0.3 is 0 Å². The Morgan fingerprint density at radius 3 is 2.18 bits per heavy atom. The summed E-state index contributed by atoms with van der Waals surface area (Å²) in [4.78, 5) is 2.44. The minimum atomic E-state index is 0.580. The quantitative estimate of drug-likeness (QED) is 0.526. The van der Waals surface area contributed by atoms with Crippen molar-refractivity contribution < 1.29 is 0 Å². The van der Waals surface area contributed by atoms with Gasteiger partial charge in [-0.05, 0) is 44.5 Å². The SMILES string of the molecule is C=C/C(=C\C(=C)Cl)CN1CCCCC1.C=CC. The molecule has 0 unspecified atom stereocenters. The van der Waals surface area contributed by atoms with Crippen LogP contribution < -0.4 is 0 Å². The van der Waals surface area contributed by atoms with Gasteiger partial charge in [-0.1, -0.05) is 43.3 Å². The van der Waals surface area contributed by atoms with Crippen LogP contribution in [0.2, 0.25) is 0 Å². The summed E-state index contributed by atoms with van der Waals surface area (Å²) < 4.78 is 0. The number of allylic oxidation sites excluding steroid dienone is 3. The molecule has 96 valence electrons. The fraction of sp³-hybridized carbons (Fsp3) is 0.467. The minimum absolute atomic E-state index is 0.580. The third kappa shape index (κ3) is 8.96. The Kier molecular flexibility index (Phi) is 9.89. The van der Waals surface area contributed by atoms with Gasteiger partial charge in [-0.25, -0.2) is 0 Å². The van der Waals surface area contributed by atoms with Crippen LogP contribution in [0.25, 0.3) is 0 Å². The summed E-state index contributed by atoms with van der Waals surface area (Å²) in [5, 5.41) is 0.580. The minimum Gasteiger partial charge on any atom is -0.299 e. The van der Waals surface area contributed by atoms with Crippen molar-refractivity contribution in [1.29, 1.82) is 0 Å². The number of hydrogen-bond acceptors (Lipinski definition) is 1. The van der Waals surface area contributed by atoms with E-state index in [4.69, 9.17) is 11.6 Å². The second-order valence-electron chi connectivity index (χ2n) is 4.12. The van der Waals surface area contributed by atoms with Gasteiger partial charge in [0.1, 0.15) is 0 Å². The van der Waals surface area contributed by atoms with Crippen LogP contribution in [-0.4, -0.2) is 24.5 Å². The Morgan fingerprint density at radius 1 is 1.24 bits per heavy atom. The van der Waals surface area contributed by atoms with E-state index in [1.54, 1.807) is 6.08 Å². The van der Waals surface area contributed by atoms with E-state index in [0.29, 0.717) is 5.03 Å². The van der Waals surface area contributed by atoms with Crippen LogP contribution in [0, 0.1) is 0 Å². The third-order valence-corrected chi connectivity index (χ3v) is 2.57. The highest BCUT2D eigenvalue weighted by Gasteiger charge is 2.10. The predicted molar refractivity (Wildman–Crippen MR) is 79.4 cm³/mol. The van der Waals surface area contributed by atoms with Gasteiger partial charge in [0.2, 0.25) is 0 Å². The van der Waals surface area contributed by atoms with Crippen molar-refractivity contribution in [2.45, 2.75) is 26.2 Å². The first-order valence-corrected chi connectivity index (χ1v) is 6.48. The molecule has 1 fully saturated rings. The van der Waals surface area contributed by atoms with Gasteiger partial charge in [0, 0.05) is 11.6 Å². The molecule has 0 aromatic carbocycles. The van der Waals surface area contributed by atoms with Crippen LogP contribution in [0.1, 0.15) is 26.2 Å². The Morgan fingerprint density at radius 2 is 1.76 bits per heavy atom. The molecule has 1 saturated heterocycles. The van der Waals surface area contributed by atoms with E-state index in [1.165, 1.54) is 32.4 Å². The summed E-state index contributed by atoms with van der Waals surface area (Å²) >= 11 is 5.73. The second kappa shape index (κ2) is 10.4. The molecule has 1 rings (SSSR count). The van der Waals surface area contributed by atoms with Crippen LogP contribution in [0.3, 0.4) is 0 Å². The monoisotopic (exact) mass is 253 g/mol. The van der Waals surface area contributed by atoms with E-state index < -0.39 is 0 Å². The fourth-order valence-electron chi connectivity index (χ4n) is 1.75. The highest BCUT2D eigenvalue weighted by atomic mass is 35.5. The van der Waals surface area contributed by atoms with Crippen molar-refractivity contribution in [2.75, 3.05) is 19.6 Å². The first kappa shape index (κ1) is 16.2. The Hall–Kier alpha value is -0.790. The lowest BCUT2D eigenvalue weighted by Gasteiger charge is -2.26. The van der Waals surface area contributed by atoms with Gasteiger partial charge in [0.05, 0.1) is 0 Å². The van der Waals surface area contributed by atoms with Crippen molar-refractivity contribution in [3.8, 4) is 0 Å². The molecule has 0 aromatic rings. The maximum absolute atomic E-state index is 5.73. The lowest BCUT2D eigenvalue weighted by atomic mass is 10.1. The molecule has 0 aliphatic carbocycles. The normalized spacial score (nSPS) is 16.7. The predicted octanol–water partition coefficient (Wildman–Crippen LogP) is 4.53. The zero-order valence-corrected chi connectivity index (χ0v) is 11.7. The van der Waals surface area contributed by atoms with Crippen molar-refractivity contribution in [3.63, 3.8) is 0 Å². The Bertz CT molecular complexity index is 273. The van der Waals surface area contributed by atoms with Crippen molar-refractivity contribution in [1.82, 2.24) is 4.90 Å². The standard InChI is InChI=1S/C12H18ClN.C3H6/c1-3-12(9-11(2)13)10-14-7-5-4-6-8-14;1-3-2/h3,9H,1-2,4-8,10H2;3H,1H2,2H3/b12-9+;. The van der Waals surface area contributed by atoms with E-state index >= 15 is 0 Å². The summed E-state index contributed by atoms with van der Waals surface area (Å²) in [5.41, 5.74) is 1.16. The molecule has 0 N–H and O–H groups in total. The first-order valence-electron chi connectivity index (χ1n) is 6.10. The molecule has 1 aliphatic heterocycles. The lowest BCUT2D eigenvalue weighted by Crippen LogP contribution is -2.31. The largest absolute Gasteiger partial charge is 0.299 e. The molecular weight excluding hydrogens is 230 g/mol. The van der Waals surface area contributed by atoms with Gasteiger partial charge in [-0.3, -0.25) is 4.90 Å². The summed E-state index contributed by atoms with van der Waals surface area (Å²) in [7, 11) is 0. The average molecular weight is 254 g/mol. The zero-order chi connectivity index (χ0) is 13.1. The summed E-state index contributed by atoms with van der Waals surface area (Å²) in [6.07, 6.45) is 9.50. The molecule has 0 spiro atoms. The number of rotatable bonds is 4. The van der Waals surface area contributed by atoms with Crippen LogP contribution in [0.15, 0.2) is 48.6 Å². The van der Waals surface area contributed by atoms with Gasteiger partial charge in [0.15, 0.2) is 0 Å². The van der Waals surface area contributed by atoms with Crippen molar-refractivity contribution in [2.24, 2.45) is 0 Å². The zero-order valence-electron chi connectivity index (χ0n) is 10.9. The number of likely N-dealkylation sites (tertiary alicyclic amines) is 1. The van der Waals surface area contributed by atoms with E-state index in [9.17, 15) is 0 Å². The highest BCUT2D eigenvalue weighted by molar-refractivity contribution is 6.30. The summed E-state index contributed by atoms with van der Waals surface area (Å²) in [6.45, 7) is 16.0. The second-order valence-corrected chi connectivity index (χ2v) is 4.60. The smallest absolute Gasteiger partial charge is 0.0337 e. The van der Waals surface area contributed by atoms with E-state index in [-0.39, 0.29) is 0 Å². The number of halogens is 1. The molecular formula is C15H24ClN. The van der Waals surface area contributed by atoms with Crippen LogP contribution in [-0.2, 0) is 0 Å². The molecule has 1 nitrogen and oxygen atoms in total.